The highest BCUT2D eigenvalue weighted by atomic mass is 16.6. The topological polar surface area (TPSA) is 42.0 Å². The molecule has 0 radical (unpaired) electrons. The first kappa shape index (κ1) is 22.1. The number of ether oxygens (including phenoxy) is 2. The van der Waals surface area contributed by atoms with E-state index in [1.165, 1.54) is 11.4 Å². The van der Waals surface area contributed by atoms with E-state index in [9.17, 15) is 4.79 Å². The van der Waals surface area contributed by atoms with E-state index in [0.717, 1.165) is 50.4 Å². The highest BCUT2D eigenvalue weighted by molar-refractivity contribution is 5.80. The molecule has 5 atom stereocenters. The van der Waals surface area contributed by atoms with E-state index in [0.29, 0.717) is 0 Å². The van der Waals surface area contributed by atoms with Gasteiger partial charge in [0.2, 0.25) is 0 Å². The maximum absolute atomic E-state index is 13.1. The van der Waals surface area contributed by atoms with E-state index in [4.69, 9.17) is 9.47 Å². The van der Waals surface area contributed by atoms with Gasteiger partial charge in [-0.05, 0) is 58.8 Å². The third-order valence-electron chi connectivity index (χ3n) is 8.09. The molecule has 5 unspecified atom stereocenters. The highest BCUT2D eigenvalue weighted by Gasteiger charge is 2.64. The molecule has 0 N–H and O–H groups in total. The molecular formula is C28H36N2O3. The van der Waals surface area contributed by atoms with Gasteiger partial charge in [0.1, 0.15) is 11.9 Å². The number of likely N-dealkylation sites (N-methyl/N-ethyl adjacent to an activating group) is 1. The summed E-state index contributed by atoms with van der Waals surface area (Å²) in [7, 11) is 0. The minimum absolute atomic E-state index is 0.00661. The lowest BCUT2D eigenvalue weighted by Gasteiger charge is -2.50. The van der Waals surface area contributed by atoms with Crippen molar-refractivity contribution >= 4 is 5.97 Å². The van der Waals surface area contributed by atoms with Gasteiger partial charge < -0.3 is 19.3 Å². The van der Waals surface area contributed by atoms with Crippen molar-refractivity contribution in [2.24, 2.45) is 17.8 Å². The van der Waals surface area contributed by atoms with E-state index >= 15 is 0 Å². The maximum atomic E-state index is 13.1. The van der Waals surface area contributed by atoms with Crippen molar-refractivity contribution in [3.8, 4) is 0 Å². The van der Waals surface area contributed by atoms with Gasteiger partial charge in [-0.25, -0.2) is 0 Å². The standard InChI is InChI=1S/C28H36N2O3/c1-5-29(6-2)19-13-15-23-25(17-19)32-26-18-20(30(7-3)8-4)14-16-24(26)28(23)22-12-10-9-11-21(22)27(31)33-28/h9-13,15,17-18,21-23,25H,5-8,14,16H2,1-4H3. The summed E-state index contributed by atoms with van der Waals surface area (Å²) in [6.07, 6.45) is 18.8. The molecular weight excluding hydrogens is 412 g/mol. The van der Waals surface area contributed by atoms with Crippen LogP contribution in [0, 0.1) is 17.8 Å². The maximum Gasteiger partial charge on any atom is 0.314 e. The molecule has 0 aromatic carbocycles. The van der Waals surface area contributed by atoms with E-state index < -0.39 is 5.60 Å². The Labute approximate surface area is 197 Å². The Morgan fingerprint density at radius 3 is 2.39 bits per heavy atom. The zero-order chi connectivity index (χ0) is 23.2. The second-order valence-corrected chi connectivity index (χ2v) is 9.42. The summed E-state index contributed by atoms with van der Waals surface area (Å²) >= 11 is 0. The third kappa shape index (κ3) is 3.31. The number of esters is 1. The van der Waals surface area contributed by atoms with Gasteiger partial charge in [-0.3, -0.25) is 4.79 Å². The third-order valence-corrected chi connectivity index (χ3v) is 8.09. The summed E-state index contributed by atoms with van der Waals surface area (Å²) in [5.74, 6) is 0.531. The number of hydrogen-bond acceptors (Lipinski definition) is 5. The Bertz CT molecular complexity index is 993. The Balaban J connectivity index is 1.64. The number of fused-ring (bicyclic) bond motifs is 5. The minimum Gasteiger partial charge on any atom is -0.485 e. The number of rotatable bonds is 6. The van der Waals surface area contributed by atoms with Crippen LogP contribution >= 0.6 is 0 Å². The predicted octanol–water partition coefficient (Wildman–Crippen LogP) is 4.72. The largest absolute Gasteiger partial charge is 0.485 e. The quantitative estimate of drug-likeness (QED) is 0.550. The van der Waals surface area contributed by atoms with Crippen molar-refractivity contribution in [3.63, 3.8) is 0 Å². The molecule has 0 aromatic rings. The fourth-order valence-electron chi connectivity index (χ4n) is 6.44. The monoisotopic (exact) mass is 448 g/mol. The molecule has 2 aliphatic heterocycles. The SMILES string of the molecule is CCN(CC)C1=CC2OC3=C(CCC(N(CC)CC)=C3)C3(OC(=O)C4C=CC=CC43)C2C=C1. The van der Waals surface area contributed by atoms with Gasteiger partial charge >= 0.3 is 5.97 Å². The van der Waals surface area contributed by atoms with Crippen LogP contribution < -0.4 is 0 Å². The lowest BCUT2D eigenvalue weighted by molar-refractivity contribution is -0.155. The van der Waals surface area contributed by atoms with E-state index in [1.54, 1.807) is 0 Å². The van der Waals surface area contributed by atoms with Gasteiger partial charge in [0, 0.05) is 49.1 Å². The molecule has 3 aliphatic carbocycles. The van der Waals surface area contributed by atoms with Gasteiger partial charge in [-0.15, -0.1) is 0 Å². The number of allylic oxidation sites excluding steroid dienone is 5. The number of hydrogen-bond donors (Lipinski definition) is 0. The molecule has 0 aromatic heterocycles. The van der Waals surface area contributed by atoms with Crippen molar-refractivity contribution in [2.45, 2.75) is 52.2 Å². The Hall–Kier alpha value is -2.69. The van der Waals surface area contributed by atoms with Crippen LogP contribution in [0.15, 0.2) is 71.3 Å². The van der Waals surface area contributed by atoms with Crippen LogP contribution in [0.3, 0.4) is 0 Å². The summed E-state index contributed by atoms with van der Waals surface area (Å²) in [5.41, 5.74) is 2.97. The van der Waals surface area contributed by atoms with Gasteiger partial charge in [0.15, 0.2) is 5.60 Å². The van der Waals surface area contributed by atoms with Crippen molar-refractivity contribution < 1.29 is 14.3 Å². The van der Waals surface area contributed by atoms with Crippen LogP contribution in [-0.4, -0.2) is 53.7 Å². The highest BCUT2D eigenvalue weighted by Crippen LogP contribution is 2.57. The van der Waals surface area contributed by atoms with Gasteiger partial charge in [-0.1, -0.05) is 30.4 Å². The molecule has 1 spiro atoms. The fourth-order valence-corrected chi connectivity index (χ4v) is 6.44. The fraction of sp³-hybridized carbons (Fsp3) is 0.536. The van der Waals surface area contributed by atoms with E-state index in [-0.39, 0.29) is 29.8 Å². The molecule has 33 heavy (non-hydrogen) atoms. The van der Waals surface area contributed by atoms with Crippen molar-refractivity contribution in [3.05, 3.63) is 71.3 Å². The summed E-state index contributed by atoms with van der Waals surface area (Å²) in [6, 6.07) is 0. The van der Waals surface area contributed by atoms with Crippen molar-refractivity contribution in [1.82, 2.24) is 9.80 Å². The van der Waals surface area contributed by atoms with Crippen LogP contribution in [0.2, 0.25) is 0 Å². The predicted molar refractivity (Wildman–Crippen MR) is 130 cm³/mol. The number of nitrogens with zero attached hydrogens (tertiary/aromatic N) is 2. The number of carbonyl (C=O) groups excluding carboxylic acids is 1. The first-order chi connectivity index (χ1) is 16.1. The molecule has 5 aliphatic rings. The smallest absolute Gasteiger partial charge is 0.314 e. The van der Waals surface area contributed by atoms with Crippen LogP contribution in [0.5, 0.6) is 0 Å². The molecule has 1 saturated heterocycles. The molecule has 5 rings (SSSR count). The summed E-state index contributed by atoms with van der Waals surface area (Å²) in [5, 5.41) is 0. The molecule has 0 saturated carbocycles. The first-order valence-corrected chi connectivity index (χ1v) is 12.7. The summed E-state index contributed by atoms with van der Waals surface area (Å²) < 4.78 is 13.2. The molecule has 0 bridgehead atoms. The minimum atomic E-state index is -0.686. The first-order valence-electron chi connectivity index (χ1n) is 12.7. The molecule has 1 fully saturated rings. The molecule has 176 valence electrons. The second-order valence-electron chi connectivity index (χ2n) is 9.42. The summed E-state index contributed by atoms with van der Waals surface area (Å²) in [6.45, 7) is 12.6. The van der Waals surface area contributed by atoms with Crippen LogP contribution in [0.4, 0.5) is 0 Å². The molecule has 0 amide bonds. The lowest BCUT2D eigenvalue weighted by Crippen LogP contribution is -2.54. The average Bonchev–Trinajstić information content (AvgIpc) is 3.13. The van der Waals surface area contributed by atoms with Crippen LogP contribution in [0.1, 0.15) is 40.5 Å². The average molecular weight is 449 g/mol. The van der Waals surface area contributed by atoms with Crippen molar-refractivity contribution in [2.75, 3.05) is 26.2 Å². The van der Waals surface area contributed by atoms with Crippen molar-refractivity contribution in [1.29, 1.82) is 0 Å². The zero-order valence-corrected chi connectivity index (χ0v) is 20.3. The second kappa shape index (κ2) is 8.58. The van der Waals surface area contributed by atoms with Gasteiger partial charge in [-0.2, -0.15) is 0 Å². The van der Waals surface area contributed by atoms with Gasteiger partial charge in [0.25, 0.3) is 0 Å². The Morgan fingerprint density at radius 1 is 0.939 bits per heavy atom. The van der Waals surface area contributed by atoms with E-state index in [2.05, 4.69) is 74.0 Å². The van der Waals surface area contributed by atoms with Crippen LogP contribution in [-0.2, 0) is 14.3 Å². The number of carbonyl (C=O) groups is 1. The van der Waals surface area contributed by atoms with E-state index in [1.807, 2.05) is 12.2 Å². The Morgan fingerprint density at radius 2 is 1.67 bits per heavy atom. The lowest BCUT2D eigenvalue weighted by atomic mass is 9.62. The molecule has 2 heterocycles. The normalized spacial score (nSPS) is 33.6. The molecule has 5 nitrogen and oxygen atoms in total. The molecule has 5 heteroatoms. The Kier molecular flexibility index (Phi) is 5.75. The summed E-state index contributed by atoms with van der Waals surface area (Å²) in [4.78, 5) is 17.9. The van der Waals surface area contributed by atoms with Gasteiger partial charge in [0.05, 0.1) is 11.8 Å². The van der Waals surface area contributed by atoms with Crippen LogP contribution in [0.25, 0.3) is 0 Å². The zero-order valence-electron chi connectivity index (χ0n) is 20.3.